The topological polar surface area (TPSA) is 52.8 Å². The summed E-state index contributed by atoms with van der Waals surface area (Å²) in [5.74, 6) is 2.11. The van der Waals surface area contributed by atoms with Crippen molar-refractivity contribution in [3.05, 3.63) is 65.8 Å². The molecule has 5 nitrogen and oxygen atoms in total. The Hall–Kier alpha value is -2.40. The minimum absolute atomic E-state index is 0.220. The van der Waals surface area contributed by atoms with Gasteiger partial charge in [0.1, 0.15) is 18.3 Å². The molecule has 0 N–H and O–H groups in total. The number of aromatic nitrogens is 4. The second kappa shape index (κ2) is 7.23. The Labute approximate surface area is 151 Å². The lowest BCUT2D eigenvalue weighted by molar-refractivity contribution is 0.139. The van der Waals surface area contributed by atoms with E-state index in [1.54, 1.807) is 12.5 Å². The predicted molar refractivity (Wildman–Crippen MR) is 96.2 cm³/mol. The number of pyridine rings is 1. The van der Waals surface area contributed by atoms with Gasteiger partial charge in [0.25, 0.3) is 0 Å². The predicted octanol–water partition coefficient (Wildman–Crippen LogP) is 4.42. The third-order valence-corrected chi connectivity index (χ3v) is 4.90. The molecule has 0 atom stereocenters. The highest BCUT2D eigenvalue weighted by Gasteiger charge is 2.27. The minimum Gasteiger partial charge on any atom is -0.474 e. The first-order valence-corrected chi connectivity index (χ1v) is 8.91. The van der Waals surface area contributed by atoms with E-state index in [0.717, 1.165) is 42.2 Å². The molecule has 1 aromatic carbocycles. The lowest BCUT2D eigenvalue weighted by Crippen LogP contribution is -2.25. The molecule has 0 spiro atoms. The van der Waals surface area contributed by atoms with Crippen LogP contribution >= 0.6 is 11.6 Å². The molecule has 0 amide bonds. The van der Waals surface area contributed by atoms with Crippen LogP contribution in [-0.4, -0.2) is 25.9 Å². The Morgan fingerprint density at radius 1 is 1.00 bits per heavy atom. The third-order valence-electron chi connectivity index (χ3n) is 4.64. The molecule has 1 aliphatic carbocycles. The van der Waals surface area contributed by atoms with Crippen LogP contribution < -0.4 is 4.74 Å². The molecule has 2 aromatic heterocycles. The fourth-order valence-corrected chi connectivity index (χ4v) is 3.48. The van der Waals surface area contributed by atoms with E-state index in [2.05, 4.69) is 19.7 Å². The molecule has 2 heterocycles. The van der Waals surface area contributed by atoms with E-state index in [0.29, 0.717) is 11.8 Å². The number of hydrogen-bond donors (Lipinski definition) is 0. The average Bonchev–Trinajstić information content (AvgIpc) is 3.14. The van der Waals surface area contributed by atoms with Gasteiger partial charge in [0.15, 0.2) is 0 Å². The normalized spacial score (nSPS) is 20.4. The summed E-state index contributed by atoms with van der Waals surface area (Å²) in [6.07, 6.45) is 7.81. The van der Waals surface area contributed by atoms with E-state index in [1.807, 2.05) is 42.5 Å². The summed E-state index contributed by atoms with van der Waals surface area (Å²) in [4.78, 5) is 4.24. The Bertz CT molecular complexity index is 811. The SMILES string of the molecule is Clc1ccc(-n2cnnc2[C@H]2CC[C@H](Oc3ccccn3)CC2)cc1. The zero-order valence-electron chi connectivity index (χ0n) is 13.8. The van der Waals surface area contributed by atoms with Gasteiger partial charge in [-0.3, -0.25) is 4.57 Å². The summed E-state index contributed by atoms with van der Waals surface area (Å²) < 4.78 is 8.04. The van der Waals surface area contributed by atoms with Crippen molar-refractivity contribution in [2.24, 2.45) is 0 Å². The van der Waals surface area contributed by atoms with Crippen molar-refractivity contribution in [1.29, 1.82) is 0 Å². The van der Waals surface area contributed by atoms with Crippen molar-refractivity contribution < 1.29 is 4.74 Å². The van der Waals surface area contributed by atoms with E-state index in [9.17, 15) is 0 Å². The highest BCUT2D eigenvalue weighted by atomic mass is 35.5. The number of rotatable bonds is 4. The van der Waals surface area contributed by atoms with Crippen molar-refractivity contribution in [2.75, 3.05) is 0 Å². The number of hydrogen-bond acceptors (Lipinski definition) is 4. The molecule has 128 valence electrons. The van der Waals surface area contributed by atoms with Crippen molar-refractivity contribution >= 4 is 11.6 Å². The zero-order chi connectivity index (χ0) is 17.1. The minimum atomic E-state index is 0.220. The zero-order valence-corrected chi connectivity index (χ0v) is 14.5. The molecule has 6 heteroatoms. The van der Waals surface area contributed by atoms with Gasteiger partial charge in [0.2, 0.25) is 5.88 Å². The lowest BCUT2D eigenvalue weighted by atomic mass is 9.86. The largest absolute Gasteiger partial charge is 0.474 e. The molecule has 0 radical (unpaired) electrons. The van der Waals surface area contributed by atoms with Crippen LogP contribution in [0.4, 0.5) is 0 Å². The summed E-state index contributed by atoms with van der Waals surface area (Å²) in [6.45, 7) is 0. The maximum Gasteiger partial charge on any atom is 0.213 e. The lowest BCUT2D eigenvalue weighted by Gasteiger charge is -2.28. The summed E-state index contributed by atoms with van der Waals surface area (Å²) in [7, 11) is 0. The Morgan fingerprint density at radius 2 is 1.80 bits per heavy atom. The highest BCUT2D eigenvalue weighted by Crippen LogP contribution is 2.34. The quantitative estimate of drug-likeness (QED) is 0.695. The van der Waals surface area contributed by atoms with E-state index in [4.69, 9.17) is 16.3 Å². The van der Waals surface area contributed by atoms with E-state index in [-0.39, 0.29) is 6.10 Å². The average molecular weight is 355 g/mol. The fraction of sp³-hybridized carbons (Fsp3) is 0.316. The molecular formula is C19H19ClN4O. The molecule has 3 aromatic rings. The highest BCUT2D eigenvalue weighted by molar-refractivity contribution is 6.30. The maximum atomic E-state index is 5.98. The molecule has 0 unspecified atom stereocenters. The van der Waals surface area contributed by atoms with E-state index < -0.39 is 0 Å². The summed E-state index contributed by atoms with van der Waals surface area (Å²) in [5, 5.41) is 9.22. The number of nitrogens with zero attached hydrogens (tertiary/aromatic N) is 4. The van der Waals surface area contributed by atoms with Crippen LogP contribution in [0.3, 0.4) is 0 Å². The van der Waals surface area contributed by atoms with Crippen molar-refractivity contribution in [2.45, 2.75) is 37.7 Å². The van der Waals surface area contributed by atoms with Gasteiger partial charge >= 0.3 is 0 Å². The first-order chi connectivity index (χ1) is 12.3. The maximum absolute atomic E-state index is 5.98. The standard InChI is InChI=1S/C19H19ClN4O/c20-15-6-8-16(9-7-15)24-13-22-23-19(24)14-4-10-17(11-5-14)25-18-3-1-2-12-21-18/h1-3,6-9,12-14,17H,4-5,10-11H2/t14-,17-. The Balaban J connectivity index is 1.43. The molecule has 1 fully saturated rings. The van der Waals surface area contributed by atoms with Gasteiger partial charge in [-0.2, -0.15) is 0 Å². The molecule has 25 heavy (non-hydrogen) atoms. The van der Waals surface area contributed by atoms with Gasteiger partial charge in [-0.05, 0) is 56.0 Å². The first kappa shape index (κ1) is 16.1. The molecule has 1 saturated carbocycles. The monoisotopic (exact) mass is 354 g/mol. The Morgan fingerprint density at radius 3 is 2.52 bits per heavy atom. The molecule has 4 rings (SSSR count). The second-order valence-corrected chi connectivity index (χ2v) is 6.73. The van der Waals surface area contributed by atoms with Crippen molar-refractivity contribution in [1.82, 2.24) is 19.7 Å². The molecule has 0 saturated heterocycles. The summed E-state index contributed by atoms with van der Waals surface area (Å²) in [5.41, 5.74) is 1.04. The van der Waals surface area contributed by atoms with Crippen LogP contribution in [0.25, 0.3) is 5.69 Å². The van der Waals surface area contributed by atoms with Gasteiger partial charge in [0.05, 0.1) is 0 Å². The summed E-state index contributed by atoms with van der Waals surface area (Å²) >= 11 is 5.98. The van der Waals surface area contributed by atoms with Crippen LogP contribution in [0.15, 0.2) is 55.0 Å². The van der Waals surface area contributed by atoms with Gasteiger partial charge in [-0.1, -0.05) is 17.7 Å². The fourth-order valence-electron chi connectivity index (χ4n) is 3.35. The third kappa shape index (κ3) is 3.66. The molecular weight excluding hydrogens is 336 g/mol. The molecule has 0 aliphatic heterocycles. The van der Waals surface area contributed by atoms with Crippen LogP contribution in [0.1, 0.15) is 37.4 Å². The number of ether oxygens (including phenoxy) is 1. The van der Waals surface area contributed by atoms with Gasteiger partial charge in [-0.25, -0.2) is 4.98 Å². The van der Waals surface area contributed by atoms with Gasteiger partial charge < -0.3 is 4.74 Å². The molecule has 0 bridgehead atoms. The van der Waals surface area contributed by atoms with Gasteiger partial charge in [0, 0.05) is 28.9 Å². The second-order valence-electron chi connectivity index (χ2n) is 6.30. The van der Waals surface area contributed by atoms with E-state index >= 15 is 0 Å². The van der Waals surface area contributed by atoms with Crippen molar-refractivity contribution in [3.63, 3.8) is 0 Å². The summed E-state index contributed by atoms with van der Waals surface area (Å²) in [6, 6.07) is 13.5. The van der Waals surface area contributed by atoms with E-state index in [1.165, 1.54) is 0 Å². The number of benzene rings is 1. The first-order valence-electron chi connectivity index (χ1n) is 8.53. The van der Waals surface area contributed by atoms with Gasteiger partial charge in [-0.15, -0.1) is 10.2 Å². The Kier molecular flexibility index (Phi) is 4.65. The molecule has 1 aliphatic rings. The smallest absolute Gasteiger partial charge is 0.213 e. The van der Waals surface area contributed by atoms with Crippen LogP contribution in [-0.2, 0) is 0 Å². The van der Waals surface area contributed by atoms with Crippen LogP contribution in [0.2, 0.25) is 5.02 Å². The van der Waals surface area contributed by atoms with Crippen LogP contribution in [0, 0.1) is 0 Å². The van der Waals surface area contributed by atoms with Crippen molar-refractivity contribution in [3.8, 4) is 11.6 Å². The number of halogens is 1. The van der Waals surface area contributed by atoms with Crippen LogP contribution in [0.5, 0.6) is 5.88 Å².